The van der Waals surface area contributed by atoms with Gasteiger partial charge in [-0.15, -0.1) is 8.78 Å². The first-order valence-corrected chi connectivity index (χ1v) is 13.6. The molecule has 3 unspecified atom stereocenters. The van der Waals surface area contributed by atoms with E-state index >= 15 is 0 Å². The number of ether oxygens (including phenoxy) is 4. The molecule has 1 saturated carbocycles. The van der Waals surface area contributed by atoms with Gasteiger partial charge in [0, 0.05) is 25.1 Å². The van der Waals surface area contributed by atoms with Gasteiger partial charge in [0.15, 0.2) is 17.6 Å². The first-order valence-electron chi connectivity index (χ1n) is 13.6. The second kappa shape index (κ2) is 10.5. The second-order valence-corrected chi connectivity index (χ2v) is 10.8. The zero-order valence-corrected chi connectivity index (χ0v) is 23.0. The molecule has 1 fully saturated rings. The predicted octanol–water partition coefficient (Wildman–Crippen LogP) is 4.25. The molecule has 2 heterocycles. The lowest BCUT2D eigenvalue weighted by Crippen LogP contribution is -2.47. The number of likely N-dealkylation sites (N-methyl/N-ethyl adjacent to an activating group) is 1. The summed E-state index contributed by atoms with van der Waals surface area (Å²) in [5.41, 5.74) is 0.992. The van der Waals surface area contributed by atoms with Gasteiger partial charge in [-0.05, 0) is 48.2 Å². The fraction of sp³-hybridized carbons (Fsp3) is 0.355. The number of carbonyl (C=O) groups excluding carboxylic acids is 2. The first kappa shape index (κ1) is 27.8. The lowest BCUT2D eigenvalue weighted by atomic mass is 9.91. The van der Waals surface area contributed by atoms with Crippen LogP contribution in [0.25, 0.3) is 0 Å². The van der Waals surface area contributed by atoms with Gasteiger partial charge in [-0.3, -0.25) is 9.59 Å². The van der Waals surface area contributed by atoms with Crippen LogP contribution in [0, 0.1) is 0 Å². The van der Waals surface area contributed by atoms with E-state index in [1.807, 2.05) is 18.2 Å². The highest BCUT2D eigenvalue weighted by Gasteiger charge is 2.53. The van der Waals surface area contributed by atoms with E-state index in [2.05, 4.69) is 14.8 Å². The van der Waals surface area contributed by atoms with Crippen LogP contribution < -0.4 is 24.3 Å². The molecule has 220 valence electrons. The number of carbonyl (C=O) groups is 2. The Morgan fingerprint density at radius 2 is 1.79 bits per heavy atom. The van der Waals surface area contributed by atoms with Crippen molar-refractivity contribution in [1.82, 2.24) is 10.2 Å². The summed E-state index contributed by atoms with van der Waals surface area (Å²) in [4.78, 5) is 28.7. The van der Waals surface area contributed by atoms with Crippen molar-refractivity contribution in [2.24, 2.45) is 0 Å². The Labute approximate surface area is 240 Å². The van der Waals surface area contributed by atoms with Crippen LogP contribution in [0.3, 0.4) is 0 Å². The van der Waals surface area contributed by atoms with Gasteiger partial charge in [0.25, 0.3) is 5.91 Å². The van der Waals surface area contributed by atoms with E-state index in [1.54, 1.807) is 43.4 Å². The zero-order chi connectivity index (χ0) is 29.6. The van der Waals surface area contributed by atoms with Crippen LogP contribution in [-0.4, -0.2) is 54.9 Å². The van der Waals surface area contributed by atoms with E-state index in [9.17, 15) is 23.5 Å². The number of fused-ring (bicyclic) bond motifs is 2. The number of benzene rings is 3. The highest BCUT2D eigenvalue weighted by Crippen LogP contribution is 2.52. The van der Waals surface area contributed by atoms with Gasteiger partial charge in [-0.25, -0.2) is 0 Å². The number of nitrogens with zero attached hydrogens (tertiary/aromatic N) is 1. The van der Waals surface area contributed by atoms with Crippen LogP contribution in [0.1, 0.15) is 48.1 Å². The number of hydrogen-bond donors (Lipinski definition) is 2. The largest absolute Gasteiger partial charge is 0.586 e. The normalized spacial score (nSPS) is 21.4. The summed E-state index contributed by atoms with van der Waals surface area (Å²) in [7, 11) is 3.11. The molecule has 1 aliphatic carbocycles. The molecule has 3 aliphatic rings. The monoisotopic (exact) mass is 580 g/mol. The van der Waals surface area contributed by atoms with Gasteiger partial charge in [0.1, 0.15) is 11.5 Å². The van der Waals surface area contributed by atoms with Crippen molar-refractivity contribution in [3.63, 3.8) is 0 Å². The standard InChI is InChI=1S/C31H30F2N2O7/c1-35(17-23(36)18-6-4-3-5-7-18)28(37)27-16-22(21-10-9-20(39-2)15-25(21)40-27)34-29(38)30(12-13-30)19-8-11-24-26(14-19)42-31(32,33)41-24/h3-11,14-15,22-23,27,36H,12-13,16-17H2,1-2H3,(H,34,38). The third-order valence-electron chi connectivity index (χ3n) is 8.04. The molecule has 42 heavy (non-hydrogen) atoms. The van der Waals surface area contributed by atoms with Crippen LogP contribution in [0.2, 0.25) is 0 Å². The molecule has 3 aromatic carbocycles. The molecule has 3 aromatic rings. The molecule has 0 radical (unpaired) electrons. The van der Waals surface area contributed by atoms with E-state index in [0.29, 0.717) is 41.0 Å². The summed E-state index contributed by atoms with van der Waals surface area (Å²) in [6.45, 7) is 0.0526. The van der Waals surface area contributed by atoms with Crippen molar-refractivity contribution in [3.05, 3.63) is 83.4 Å². The molecule has 11 heteroatoms. The number of methoxy groups -OCH3 is 1. The van der Waals surface area contributed by atoms with Gasteiger partial charge in [0.2, 0.25) is 5.91 Å². The van der Waals surface area contributed by atoms with Crippen molar-refractivity contribution in [3.8, 4) is 23.0 Å². The smallest absolute Gasteiger partial charge is 0.497 e. The number of nitrogens with one attached hydrogen (secondary N) is 1. The van der Waals surface area contributed by atoms with Crippen molar-refractivity contribution in [2.75, 3.05) is 20.7 Å². The van der Waals surface area contributed by atoms with Crippen LogP contribution >= 0.6 is 0 Å². The van der Waals surface area contributed by atoms with Gasteiger partial charge >= 0.3 is 6.29 Å². The Kier molecular flexibility index (Phi) is 6.92. The molecule has 2 amide bonds. The number of aliphatic hydroxyl groups excluding tert-OH is 1. The summed E-state index contributed by atoms with van der Waals surface area (Å²) in [5, 5.41) is 13.7. The summed E-state index contributed by atoms with van der Waals surface area (Å²) in [6.07, 6.45) is -4.38. The van der Waals surface area contributed by atoms with Crippen LogP contribution in [-0.2, 0) is 15.0 Å². The highest BCUT2D eigenvalue weighted by atomic mass is 19.3. The number of alkyl halides is 2. The molecule has 6 rings (SSSR count). The first-order chi connectivity index (χ1) is 20.1. The van der Waals surface area contributed by atoms with Crippen LogP contribution in [0.15, 0.2) is 66.7 Å². The minimum atomic E-state index is -3.75. The third kappa shape index (κ3) is 5.20. The van der Waals surface area contributed by atoms with E-state index in [0.717, 1.165) is 0 Å². The fourth-order valence-electron chi connectivity index (χ4n) is 5.55. The van der Waals surface area contributed by atoms with E-state index in [1.165, 1.54) is 24.1 Å². The maximum absolute atomic E-state index is 13.7. The minimum Gasteiger partial charge on any atom is -0.497 e. The quantitative estimate of drug-likeness (QED) is 0.411. The van der Waals surface area contributed by atoms with Gasteiger partial charge in [-0.1, -0.05) is 36.4 Å². The number of amides is 2. The second-order valence-electron chi connectivity index (χ2n) is 10.8. The van der Waals surface area contributed by atoms with E-state index in [-0.39, 0.29) is 36.3 Å². The maximum Gasteiger partial charge on any atom is 0.586 e. The molecule has 0 spiro atoms. The molecular formula is C31H30F2N2O7. The van der Waals surface area contributed by atoms with Crippen molar-refractivity contribution >= 4 is 11.8 Å². The number of aliphatic hydroxyl groups is 1. The summed E-state index contributed by atoms with van der Waals surface area (Å²) < 4.78 is 47.7. The molecule has 2 N–H and O–H groups in total. The van der Waals surface area contributed by atoms with Crippen LogP contribution in [0.5, 0.6) is 23.0 Å². The van der Waals surface area contributed by atoms with Gasteiger partial charge < -0.3 is 34.3 Å². The maximum atomic E-state index is 13.7. The molecule has 2 aliphatic heterocycles. The molecule has 9 nitrogen and oxygen atoms in total. The molecular weight excluding hydrogens is 550 g/mol. The third-order valence-corrected chi connectivity index (χ3v) is 8.04. The lowest BCUT2D eigenvalue weighted by molar-refractivity contribution is -0.286. The minimum absolute atomic E-state index is 0.0526. The summed E-state index contributed by atoms with van der Waals surface area (Å²) >= 11 is 0. The SMILES string of the molecule is COc1ccc2c(c1)OC(C(=O)N(C)CC(O)c1ccccc1)CC2NC(=O)C1(c2ccc3c(c2)OC(F)(F)O3)CC1. The lowest BCUT2D eigenvalue weighted by Gasteiger charge is -2.35. The van der Waals surface area contributed by atoms with Gasteiger partial charge in [-0.2, -0.15) is 0 Å². The topological polar surface area (TPSA) is 107 Å². The van der Waals surface area contributed by atoms with Crippen LogP contribution in [0.4, 0.5) is 8.78 Å². The van der Waals surface area contributed by atoms with Crippen molar-refractivity contribution in [1.29, 1.82) is 0 Å². The van der Waals surface area contributed by atoms with Gasteiger partial charge in [0.05, 0.1) is 31.2 Å². The Hall–Kier alpha value is -4.38. The van der Waals surface area contributed by atoms with E-state index < -0.39 is 30.0 Å². The Morgan fingerprint density at radius 1 is 1.05 bits per heavy atom. The number of halogens is 2. The molecule has 0 saturated heterocycles. The molecule has 0 bridgehead atoms. The predicted molar refractivity (Wildman–Crippen MR) is 146 cm³/mol. The molecule has 3 atom stereocenters. The average molecular weight is 581 g/mol. The summed E-state index contributed by atoms with van der Waals surface area (Å²) in [6, 6.07) is 18.1. The Bertz CT molecular complexity index is 1510. The number of rotatable bonds is 8. The number of hydrogen-bond acceptors (Lipinski definition) is 7. The Balaban J connectivity index is 1.21. The summed E-state index contributed by atoms with van der Waals surface area (Å²) in [5.74, 6) is 0.0741. The van der Waals surface area contributed by atoms with Crippen molar-refractivity contribution in [2.45, 2.75) is 49.2 Å². The average Bonchev–Trinajstić information content (AvgIpc) is 3.73. The molecule has 0 aromatic heterocycles. The van der Waals surface area contributed by atoms with E-state index in [4.69, 9.17) is 9.47 Å². The zero-order valence-electron chi connectivity index (χ0n) is 23.0. The highest BCUT2D eigenvalue weighted by molar-refractivity contribution is 5.92. The van der Waals surface area contributed by atoms with Crippen molar-refractivity contribution < 1.29 is 42.4 Å². The Morgan fingerprint density at radius 3 is 2.50 bits per heavy atom. The fourth-order valence-corrected chi connectivity index (χ4v) is 5.55.